The third-order valence-electron chi connectivity index (χ3n) is 6.01. The van der Waals surface area contributed by atoms with Crippen molar-refractivity contribution in [1.82, 2.24) is 9.80 Å². The van der Waals surface area contributed by atoms with Gasteiger partial charge < -0.3 is 4.74 Å². The summed E-state index contributed by atoms with van der Waals surface area (Å²) >= 11 is 0. The van der Waals surface area contributed by atoms with Crippen molar-refractivity contribution in [1.29, 1.82) is 10.5 Å². The summed E-state index contributed by atoms with van der Waals surface area (Å²) in [5.41, 5.74) is 2.96. The molecular formula is C27H26N4O. The first-order valence-electron chi connectivity index (χ1n) is 10.8. The van der Waals surface area contributed by atoms with E-state index in [1.54, 1.807) is 7.11 Å². The van der Waals surface area contributed by atoms with Gasteiger partial charge >= 0.3 is 0 Å². The Balaban J connectivity index is 1.80. The number of hydrogen-bond acceptors (Lipinski definition) is 5. The minimum Gasteiger partial charge on any atom is -0.497 e. The van der Waals surface area contributed by atoms with E-state index in [9.17, 15) is 10.5 Å². The lowest BCUT2D eigenvalue weighted by Gasteiger charge is -2.47. The highest BCUT2D eigenvalue weighted by Crippen LogP contribution is 2.40. The smallest absolute Gasteiger partial charge is 0.125 e. The minimum absolute atomic E-state index is 0.218. The van der Waals surface area contributed by atoms with Gasteiger partial charge in [0.1, 0.15) is 17.8 Å². The minimum atomic E-state index is -0.416. The van der Waals surface area contributed by atoms with Gasteiger partial charge in [0, 0.05) is 13.1 Å². The number of nitriles is 2. The van der Waals surface area contributed by atoms with E-state index in [1.165, 1.54) is 0 Å². The standard InChI is InChI=1S/C27H26N4O/c1-32-24-15-13-23(14-16-24)27-30(25(19-28)21-9-4-2-5-10-21)17-8-18-31(27)26(20-29)22-11-6-3-7-12-22/h2-7,9-16,25-27H,8,17-18H2,1H3. The Labute approximate surface area is 189 Å². The maximum absolute atomic E-state index is 10.2. The highest BCUT2D eigenvalue weighted by Gasteiger charge is 2.39. The SMILES string of the molecule is COc1ccc(C2N(C(C#N)c3ccccc3)CCCN2C(C#N)c2ccccc2)cc1. The Bertz CT molecular complexity index is 1020. The zero-order valence-electron chi connectivity index (χ0n) is 18.1. The first kappa shape index (κ1) is 21.6. The number of benzene rings is 3. The van der Waals surface area contributed by atoms with E-state index in [2.05, 4.69) is 21.9 Å². The molecule has 2 atom stereocenters. The van der Waals surface area contributed by atoms with Crippen LogP contribution in [-0.2, 0) is 0 Å². The molecule has 5 heteroatoms. The first-order chi connectivity index (χ1) is 15.8. The zero-order valence-corrected chi connectivity index (χ0v) is 18.1. The summed E-state index contributed by atoms with van der Waals surface area (Å²) in [6.45, 7) is 1.54. The van der Waals surface area contributed by atoms with Crippen molar-refractivity contribution in [2.45, 2.75) is 24.7 Å². The highest BCUT2D eigenvalue weighted by molar-refractivity contribution is 5.33. The molecular weight excluding hydrogens is 396 g/mol. The first-order valence-corrected chi connectivity index (χ1v) is 10.8. The molecule has 5 nitrogen and oxygen atoms in total. The van der Waals surface area contributed by atoms with Crippen LogP contribution in [0.1, 0.15) is 41.4 Å². The molecule has 3 aromatic carbocycles. The molecule has 32 heavy (non-hydrogen) atoms. The van der Waals surface area contributed by atoms with Crippen LogP contribution in [0.5, 0.6) is 5.75 Å². The molecule has 1 fully saturated rings. The van der Waals surface area contributed by atoms with E-state index >= 15 is 0 Å². The maximum Gasteiger partial charge on any atom is 0.125 e. The van der Waals surface area contributed by atoms with Gasteiger partial charge in [-0.05, 0) is 35.2 Å². The lowest BCUT2D eigenvalue weighted by molar-refractivity contribution is -0.0287. The van der Waals surface area contributed by atoms with Crippen molar-refractivity contribution >= 4 is 0 Å². The number of hydrogen-bond donors (Lipinski definition) is 0. The Morgan fingerprint density at radius 2 is 1.22 bits per heavy atom. The van der Waals surface area contributed by atoms with Gasteiger partial charge in [0.25, 0.3) is 0 Å². The van der Waals surface area contributed by atoms with Crippen LogP contribution in [0, 0.1) is 22.7 Å². The van der Waals surface area contributed by atoms with Crippen molar-refractivity contribution in [2.75, 3.05) is 20.2 Å². The molecule has 1 aliphatic heterocycles. The molecule has 3 aromatic rings. The van der Waals surface area contributed by atoms with Crippen molar-refractivity contribution < 1.29 is 4.74 Å². The van der Waals surface area contributed by atoms with Crippen LogP contribution < -0.4 is 4.74 Å². The van der Waals surface area contributed by atoms with Gasteiger partial charge in [0.15, 0.2) is 0 Å². The summed E-state index contributed by atoms with van der Waals surface area (Å²) in [6.07, 6.45) is 0.659. The summed E-state index contributed by atoms with van der Waals surface area (Å²) < 4.78 is 5.35. The third-order valence-corrected chi connectivity index (χ3v) is 6.01. The van der Waals surface area contributed by atoms with Crippen molar-refractivity contribution in [3.05, 3.63) is 102 Å². The molecule has 0 radical (unpaired) electrons. The van der Waals surface area contributed by atoms with Crippen LogP contribution in [0.25, 0.3) is 0 Å². The van der Waals surface area contributed by atoms with Gasteiger partial charge in [-0.1, -0.05) is 72.8 Å². The van der Waals surface area contributed by atoms with Crippen molar-refractivity contribution in [3.8, 4) is 17.9 Å². The quantitative estimate of drug-likeness (QED) is 0.544. The molecule has 4 rings (SSSR count). The van der Waals surface area contributed by atoms with E-state index < -0.39 is 12.1 Å². The van der Waals surface area contributed by atoms with Gasteiger partial charge in [0.05, 0.1) is 25.4 Å². The fourth-order valence-electron chi connectivity index (χ4n) is 4.52. The van der Waals surface area contributed by atoms with E-state index in [-0.39, 0.29) is 6.17 Å². The second kappa shape index (κ2) is 10.1. The number of nitrogens with zero attached hydrogens (tertiary/aromatic N) is 4. The Morgan fingerprint density at radius 3 is 1.62 bits per heavy atom. The van der Waals surface area contributed by atoms with Crippen molar-refractivity contribution in [3.63, 3.8) is 0 Å². The number of methoxy groups -OCH3 is 1. The van der Waals surface area contributed by atoms with Crippen LogP contribution in [0.3, 0.4) is 0 Å². The Hall–Kier alpha value is -3.64. The van der Waals surface area contributed by atoms with Gasteiger partial charge in [-0.2, -0.15) is 10.5 Å². The summed E-state index contributed by atoms with van der Waals surface area (Å²) in [5.74, 6) is 0.780. The average Bonchev–Trinajstić information content (AvgIpc) is 2.87. The molecule has 0 saturated carbocycles. The monoisotopic (exact) mass is 422 g/mol. The summed E-state index contributed by atoms with van der Waals surface area (Å²) in [7, 11) is 1.65. The van der Waals surface area contributed by atoms with Crippen LogP contribution >= 0.6 is 0 Å². The fourth-order valence-corrected chi connectivity index (χ4v) is 4.52. The molecule has 0 spiro atoms. The Morgan fingerprint density at radius 1 is 0.750 bits per heavy atom. The normalized spacial score (nSPS) is 18.8. The summed E-state index contributed by atoms with van der Waals surface area (Å²) in [4.78, 5) is 4.43. The summed E-state index contributed by atoms with van der Waals surface area (Å²) in [6, 6.07) is 31.9. The van der Waals surface area contributed by atoms with E-state index in [0.29, 0.717) is 0 Å². The van der Waals surface area contributed by atoms with Crippen LogP contribution in [-0.4, -0.2) is 30.0 Å². The molecule has 1 aliphatic rings. The molecule has 1 heterocycles. The second-order valence-corrected chi connectivity index (χ2v) is 7.86. The molecule has 0 N–H and O–H groups in total. The van der Waals surface area contributed by atoms with E-state index in [4.69, 9.17) is 4.74 Å². The van der Waals surface area contributed by atoms with Crippen LogP contribution in [0.4, 0.5) is 0 Å². The second-order valence-electron chi connectivity index (χ2n) is 7.86. The van der Waals surface area contributed by atoms with Crippen molar-refractivity contribution in [2.24, 2.45) is 0 Å². The van der Waals surface area contributed by atoms with Crippen LogP contribution in [0.15, 0.2) is 84.9 Å². The van der Waals surface area contributed by atoms with Gasteiger partial charge in [0.2, 0.25) is 0 Å². The van der Waals surface area contributed by atoms with Gasteiger partial charge in [-0.15, -0.1) is 0 Å². The maximum atomic E-state index is 10.2. The average molecular weight is 423 g/mol. The predicted molar refractivity (Wildman–Crippen MR) is 123 cm³/mol. The third kappa shape index (κ3) is 4.36. The predicted octanol–water partition coefficient (Wildman–Crippen LogP) is 5.23. The molecule has 0 amide bonds. The molecule has 0 aliphatic carbocycles. The fraction of sp³-hybridized carbons (Fsp3) is 0.259. The van der Waals surface area contributed by atoms with Gasteiger partial charge in [-0.25, -0.2) is 0 Å². The zero-order chi connectivity index (χ0) is 22.3. The molecule has 2 unspecified atom stereocenters. The highest BCUT2D eigenvalue weighted by atomic mass is 16.5. The summed E-state index contributed by atoms with van der Waals surface area (Å²) in [5, 5.41) is 20.4. The Kier molecular flexibility index (Phi) is 6.82. The molecule has 0 aromatic heterocycles. The topological polar surface area (TPSA) is 63.3 Å². The van der Waals surface area contributed by atoms with E-state index in [0.717, 1.165) is 42.0 Å². The number of rotatable bonds is 6. The van der Waals surface area contributed by atoms with Gasteiger partial charge in [-0.3, -0.25) is 9.80 Å². The molecule has 1 saturated heterocycles. The largest absolute Gasteiger partial charge is 0.497 e. The molecule has 0 bridgehead atoms. The van der Waals surface area contributed by atoms with Crippen LogP contribution in [0.2, 0.25) is 0 Å². The van der Waals surface area contributed by atoms with E-state index in [1.807, 2.05) is 84.9 Å². The molecule has 160 valence electrons. The lowest BCUT2D eigenvalue weighted by atomic mass is 9.97. The lowest BCUT2D eigenvalue weighted by Crippen LogP contribution is -2.49. The number of ether oxygens (including phenoxy) is 1.